The molecule has 3 nitrogen and oxygen atoms in total. The lowest BCUT2D eigenvalue weighted by Gasteiger charge is -2.10. The first-order valence-corrected chi connectivity index (χ1v) is 6.57. The number of benzene rings is 2. The minimum absolute atomic E-state index is 0.0810. The van der Waals surface area contributed by atoms with Crippen molar-refractivity contribution in [1.29, 1.82) is 0 Å². The number of thiocarbonyl (C=S) groups is 1. The average molecular weight is 309 g/mol. The van der Waals surface area contributed by atoms with Crippen LogP contribution in [-0.4, -0.2) is 18.2 Å². The lowest BCUT2D eigenvalue weighted by atomic mass is 10.2. The number of rotatable bonds is 6. The molecule has 0 radical (unpaired) electrons. The van der Waals surface area contributed by atoms with E-state index in [1.807, 2.05) is 0 Å². The van der Waals surface area contributed by atoms with Gasteiger partial charge in [-0.3, -0.25) is 0 Å². The summed E-state index contributed by atoms with van der Waals surface area (Å²) in [6.07, 6.45) is 0. The molecular weight excluding hydrogens is 296 g/mol. The molecule has 0 saturated carbocycles. The Hall–Kier alpha value is -2.21. The third kappa shape index (κ3) is 4.39. The smallest absolute Gasteiger partial charge is 0.165 e. The van der Waals surface area contributed by atoms with Crippen LogP contribution in [-0.2, 0) is 0 Å². The topological polar surface area (TPSA) is 44.5 Å². The molecule has 21 heavy (non-hydrogen) atoms. The molecule has 0 aliphatic rings. The van der Waals surface area contributed by atoms with Crippen LogP contribution in [0.25, 0.3) is 0 Å². The van der Waals surface area contributed by atoms with Gasteiger partial charge in [-0.05, 0) is 24.3 Å². The molecule has 2 aromatic carbocycles. The molecular formula is C15H13F2NO2S. The van der Waals surface area contributed by atoms with E-state index in [9.17, 15) is 8.78 Å². The Labute approximate surface area is 126 Å². The van der Waals surface area contributed by atoms with Crippen molar-refractivity contribution in [2.24, 2.45) is 5.73 Å². The van der Waals surface area contributed by atoms with Gasteiger partial charge in [-0.15, -0.1) is 0 Å². The van der Waals surface area contributed by atoms with Crippen LogP contribution >= 0.6 is 12.2 Å². The molecule has 2 aromatic rings. The SMILES string of the molecule is NC(=S)c1cccc(OCCOc2cc(F)ccc2F)c1. The molecule has 6 heteroatoms. The van der Waals surface area contributed by atoms with Crippen molar-refractivity contribution in [2.45, 2.75) is 0 Å². The standard InChI is InChI=1S/C15H13F2NO2S/c16-11-4-5-13(17)14(9-11)20-7-6-19-12-3-1-2-10(8-12)15(18)21/h1-5,8-9H,6-7H2,(H2,18,21). The maximum absolute atomic E-state index is 13.3. The average Bonchev–Trinajstić information content (AvgIpc) is 2.47. The third-order valence-corrected chi connectivity index (χ3v) is 2.86. The molecule has 0 aliphatic carbocycles. The van der Waals surface area contributed by atoms with E-state index in [1.54, 1.807) is 24.3 Å². The number of hydrogen-bond donors (Lipinski definition) is 1. The van der Waals surface area contributed by atoms with Gasteiger partial charge in [0.15, 0.2) is 11.6 Å². The van der Waals surface area contributed by atoms with Crippen LogP contribution in [0.4, 0.5) is 8.78 Å². The molecule has 0 heterocycles. The Morgan fingerprint density at radius 3 is 2.57 bits per heavy atom. The van der Waals surface area contributed by atoms with E-state index < -0.39 is 11.6 Å². The first-order chi connectivity index (χ1) is 10.1. The summed E-state index contributed by atoms with van der Waals surface area (Å²) in [6.45, 7) is 0.258. The van der Waals surface area contributed by atoms with Crippen molar-refractivity contribution in [2.75, 3.05) is 13.2 Å². The van der Waals surface area contributed by atoms with Gasteiger partial charge >= 0.3 is 0 Å². The highest BCUT2D eigenvalue weighted by Gasteiger charge is 2.05. The summed E-state index contributed by atoms with van der Waals surface area (Å²) >= 11 is 4.87. The van der Waals surface area contributed by atoms with E-state index in [0.29, 0.717) is 11.3 Å². The van der Waals surface area contributed by atoms with Crippen molar-refractivity contribution in [3.63, 3.8) is 0 Å². The first kappa shape index (κ1) is 15.2. The van der Waals surface area contributed by atoms with E-state index in [0.717, 1.165) is 18.2 Å². The summed E-state index contributed by atoms with van der Waals surface area (Å²) in [4.78, 5) is 0.276. The molecule has 0 bridgehead atoms. The molecule has 2 rings (SSSR count). The predicted octanol–water partition coefficient (Wildman–Crippen LogP) is 3.06. The van der Waals surface area contributed by atoms with E-state index in [1.165, 1.54) is 0 Å². The van der Waals surface area contributed by atoms with Crippen LogP contribution in [0.1, 0.15) is 5.56 Å². The summed E-state index contributed by atoms with van der Waals surface area (Å²) in [6, 6.07) is 10.0. The second kappa shape index (κ2) is 6.99. The van der Waals surface area contributed by atoms with Crippen molar-refractivity contribution in [3.8, 4) is 11.5 Å². The molecule has 0 fully saturated rings. The molecule has 0 unspecified atom stereocenters. The zero-order chi connectivity index (χ0) is 15.2. The van der Waals surface area contributed by atoms with Crippen molar-refractivity contribution < 1.29 is 18.3 Å². The Balaban J connectivity index is 1.86. The Morgan fingerprint density at radius 1 is 1.05 bits per heavy atom. The quantitative estimate of drug-likeness (QED) is 0.658. The molecule has 0 atom stereocenters. The van der Waals surface area contributed by atoms with Crippen molar-refractivity contribution in [1.82, 2.24) is 0 Å². The van der Waals surface area contributed by atoms with Gasteiger partial charge in [0.1, 0.15) is 29.8 Å². The molecule has 0 aromatic heterocycles. The van der Waals surface area contributed by atoms with Crippen LogP contribution in [0.5, 0.6) is 11.5 Å². The van der Waals surface area contributed by atoms with Gasteiger partial charge in [-0.2, -0.15) is 0 Å². The van der Waals surface area contributed by atoms with E-state index in [2.05, 4.69) is 0 Å². The van der Waals surface area contributed by atoms with Crippen LogP contribution < -0.4 is 15.2 Å². The maximum atomic E-state index is 13.3. The minimum Gasteiger partial charge on any atom is -0.490 e. The summed E-state index contributed by atoms with van der Waals surface area (Å²) in [7, 11) is 0. The van der Waals surface area contributed by atoms with Gasteiger partial charge in [0.25, 0.3) is 0 Å². The second-order valence-electron chi connectivity index (χ2n) is 4.16. The largest absolute Gasteiger partial charge is 0.490 e. The highest BCUT2D eigenvalue weighted by Crippen LogP contribution is 2.18. The Bertz CT molecular complexity index is 649. The third-order valence-electron chi connectivity index (χ3n) is 2.62. The van der Waals surface area contributed by atoms with E-state index in [-0.39, 0.29) is 24.0 Å². The van der Waals surface area contributed by atoms with Gasteiger partial charge in [-0.1, -0.05) is 24.4 Å². The normalized spacial score (nSPS) is 10.2. The zero-order valence-corrected chi connectivity index (χ0v) is 11.8. The molecule has 2 N–H and O–H groups in total. The highest BCUT2D eigenvalue weighted by molar-refractivity contribution is 7.80. The highest BCUT2D eigenvalue weighted by atomic mass is 32.1. The fourth-order valence-corrected chi connectivity index (χ4v) is 1.77. The summed E-state index contributed by atoms with van der Waals surface area (Å²) in [5.41, 5.74) is 6.21. The monoisotopic (exact) mass is 309 g/mol. The number of hydrogen-bond acceptors (Lipinski definition) is 3. The van der Waals surface area contributed by atoms with Crippen LogP contribution in [0.15, 0.2) is 42.5 Å². The Kier molecular flexibility index (Phi) is 5.05. The molecule has 0 aliphatic heterocycles. The fraction of sp³-hybridized carbons (Fsp3) is 0.133. The van der Waals surface area contributed by atoms with Gasteiger partial charge in [0, 0.05) is 11.6 Å². The number of halogens is 2. The fourth-order valence-electron chi connectivity index (χ4n) is 1.64. The predicted molar refractivity (Wildman–Crippen MR) is 79.7 cm³/mol. The minimum atomic E-state index is -0.619. The summed E-state index contributed by atoms with van der Waals surface area (Å²) < 4.78 is 36.8. The molecule has 0 spiro atoms. The lowest BCUT2D eigenvalue weighted by molar-refractivity contribution is 0.211. The van der Waals surface area contributed by atoms with E-state index in [4.69, 9.17) is 27.4 Å². The van der Waals surface area contributed by atoms with E-state index >= 15 is 0 Å². The molecule has 0 saturated heterocycles. The van der Waals surface area contributed by atoms with Crippen LogP contribution in [0.3, 0.4) is 0 Å². The molecule has 110 valence electrons. The van der Waals surface area contributed by atoms with Crippen LogP contribution in [0.2, 0.25) is 0 Å². The lowest BCUT2D eigenvalue weighted by Crippen LogP contribution is -2.11. The maximum Gasteiger partial charge on any atom is 0.165 e. The second-order valence-corrected chi connectivity index (χ2v) is 4.60. The van der Waals surface area contributed by atoms with Crippen molar-refractivity contribution in [3.05, 3.63) is 59.7 Å². The van der Waals surface area contributed by atoms with Gasteiger partial charge in [-0.25, -0.2) is 8.78 Å². The molecule has 0 amide bonds. The number of nitrogens with two attached hydrogens (primary N) is 1. The van der Waals surface area contributed by atoms with Gasteiger partial charge in [0.2, 0.25) is 0 Å². The van der Waals surface area contributed by atoms with Crippen molar-refractivity contribution >= 4 is 17.2 Å². The summed E-state index contributed by atoms with van der Waals surface area (Å²) in [5.74, 6) is -0.748. The zero-order valence-electron chi connectivity index (χ0n) is 11.0. The first-order valence-electron chi connectivity index (χ1n) is 6.17. The van der Waals surface area contributed by atoms with Gasteiger partial charge < -0.3 is 15.2 Å². The number of ether oxygens (including phenoxy) is 2. The Morgan fingerprint density at radius 2 is 1.81 bits per heavy atom. The van der Waals surface area contributed by atoms with Crippen LogP contribution in [0, 0.1) is 11.6 Å². The summed E-state index contributed by atoms with van der Waals surface area (Å²) in [5, 5.41) is 0. The van der Waals surface area contributed by atoms with Gasteiger partial charge in [0.05, 0.1) is 0 Å².